The van der Waals surface area contributed by atoms with Crippen LogP contribution in [0.15, 0.2) is 24.3 Å². The Morgan fingerprint density at radius 1 is 1.29 bits per heavy atom. The van der Waals surface area contributed by atoms with Crippen LogP contribution in [-0.4, -0.2) is 48.0 Å². The smallest absolute Gasteiger partial charge is 0.767 e. The maximum absolute atomic E-state index is 12.6. The fourth-order valence-electron chi connectivity index (χ4n) is 2.93. The van der Waals surface area contributed by atoms with Gasteiger partial charge in [-0.25, -0.2) is 0 Å². The number of non-ortho nitro benzene ring substituents is 1. The molecule has 1 aliphatic heterocycles. The summed E-state index contributed by atoms with van der Waals surface area (Å²) in [4.78, 5) is 36.2. The van der Waals surface area contributed by atoms with E-state index < -0.39 is 30.5 Å². The Bertz CT molecular complexity index is 815. The van der Waals surface area contributed by atoms with Gasteiger partial charge in [0.1, 0.15) is 13.2 Å². The molecule has 11 heteroatoms. The molecular weight excluding hydrogens is 532 g/mol. The molecule has 0 unspecified atom stereocenters. The van der Waals surface area contributed by atoms with Gasteiger partial charge in [-0.2, -0.15) is 0 Å². The summed E-state index contributed by atoms with van der Waals surface area (Å²) in [6.45, 7) is 12.3. The molecule has 1 fully saturated rings. The summed E-state index contributed by atoms with van der Waals surface area (Å²) in [5, 5.41) is 10.2. The quantitative estimate of drug-likeness (QED) is 0.120. The number of hydrogen-bond donors (Lipinski definition) is 0. The Morgan fingerprint density at radius 2 is 1.84 bits per heavy atom. The van der Waals surface area contributed by atoms with E-state index in [2.05, 4.69) is 33.9 Å². The number of rotatable bonds is 8. The third kappa shape index (κ3) is 6.66. The molecule has 0 aromatic heterocycles. The number of nitro groups is 1. The first-order chi connectivity index (χ1) is 13.7. The molecule has 1 amide bonds. The average molecular weight is 561 g/mol. The van der Waals surface area contributed by atoms with Crippen molar-refractivity contribution in [3.05, 3.63) is 39.9 Å². The van der Waals surface area contributed by atoms with Gasteiger partial charge in [0, 0.05) is 12.1 Å². The van der Waals surface area contributed by atoms with Crippen LogP contribution < -0.4 is 0 Å². The first-order valence-electron chi connectivity index (χ1n) is 9.77. The number of likely N-dealkylation sites (tertiary alicyclic amines) is 1. The van der Waals surface area contributed by atoms with Crippen LogP contribution in [0.1, 0.15) is 33.3 Å². The number of β-lactam (4-membered cyclic amide) rings is 1. The van der Waals surface area contributed by atoms with Gasteiger partial charge >= 0.3 is 28.3 Å². The van der Waals surface area contributed by atoms with E-state index in [1.54, 1.807) is 0 Å². The van der Waals surface area contributed by atoms with Crippen molar-refractivity contribution in [3.8, 4) is 0 Å². The molecule has 0 spiro atoms. The van der Waals surface area contributed by atoms with Crippen molar-refractivity contribution < 1.29 is 46.1 Å². The van der Waals surface area contributed by atoms with E-state index in [1.807, 2.05) is 6.92 Å². The van der Waals surface area contributed by atoms with E-state index >= 15 is 0 Å². The summed E-state index contributed by atoms with van der Waals surface area (Å²) in [5.41, 5.74) is 0.582. The first kappa shape index (κ1) is 27.9. The van der Waals surface area contributed by atoms with Crippen molar-refractivity contribution in [2.24, 2.45) is 5.92 Å². The maximum atomic E-state index is 12.6. The molecule has 1 aromatic rings. The molecule has 0 radical (unpaired) electrons. The zero-order valence-corrected chi connectivity index (χ0v) is 21.8. The Kier molecular flexibility index (Phi) is 9.55. The summed E-state index contributed by atoms with van der Waals surface area (Å²) >= 11 is 5.45. The number of ether oxygens (including phenoxy) is 1. The molecule has 1 heterocycles. The van der Waals surface area contributed by atoms with Gasteiger partial charge in [-0.3, -0.25) is 19.7 Å². The largest absolute Gasteiger partial charge is 1.00 e. The molecule has 1 aliphatic rings. The van der Waals surface area contributed by atoms with Gasteiger partial charge in [0.25, 0.3) is 5.69 Å². The Balaban J connectivity index is 0.00000480. The maximum Gasteiger partial charge on any atom is 1.00 e. The van der Waals surface area contributed by atoms with Gasteiger partial charge in [0.2, 0.25) is 5.91 Å². The van der Waals surface area contributed by atoms with Gasteiger partial charge < -0.3 is 26.7 Å². The summed E-state index contributed by atoms with van der Waals surface area (Å²) in [7, 11) is -2.04. The monoisotopic (exact) mass is 560 g/mol. The number of carbonyl (C=O) groups is 2. The van der Waals surface area contributed by atoms with Crippen LogP contribution in [0, 0.1) is 16.0 Å². The Hall–Kier alpha value is -1.17. The van der Waals surface area contributed by atoms with Crippen LogP contribution in [0.4, 0.5) is 5.69 Å². The topological polar surface area (TPSA) is 99.0 Å². The summed E-state index contributed by atoms with van der Waals surface area (Å²) < 4.78 is 11.5. The van der Waals surface area contributed by atoms with Crippen molar-refractivity contribution in [1.29, 1.82) is 0 Å². The molecule has 2 rings (SSSR count). The van der Waals surface area contributed by atoms with Crippen molar-refractivity contribution in [1.82, 2.24) is 4.90 Å². The summed E-state index contributed by atoms with van der Waals surface area (Å²) in [6, 6.07) is 5.73. The summed E-state index contributed by atoms with van der Waals surface area (Å²) in [6.07, 6.45) is -0.312. The second kappa shape index (κ2) is 10.6. The minimum atomic E-state index is -2.04. The van der Waals surface area contributed by atoms with Gasteiger partial charge in [0.15, 0.2) is 8.32 Å². The van der Waals surface area contributed by atoms with E-state index in [4.69, 9.17) is 21.8 Å². The second-order valence-electron chi connectivity index (χ2n) is 9.05. The third-order valence-electron chi connectivity index (χ3n) is 5.82. The molecule has 0 N–H and O–H groups in total. The third-order valence-corrected chi connectivity index (χ3v) is 10.9. The molecule has 0 aliphatic carbocycles. The van der Waals surface area contributed by atoms with Gasteiger partial charge in [-0.15, -0.1) is 0 Å². The predicted molar refractivity (Wildman–Crippen MR) is 117 cm³/mol. The van der Waals surface area contributed by atoms with Crippen LogP contribution in [0.3, 0.4) is 0 Å². The number of benzene rings is 1. The number of hydrogen-bond acceptors (Lipinski definition) is 7. The standard InChI is InChI=1S/C20H30N2O6SSi.Ag/c1-13(28-30(5,6)20(2,3)4)17-18(24)21(19(17)29)11-16(23)27-12-14-7-9-15(10-8-14)22(25)26;/h7-10,13,17,19,29H,11-12H2,1-6H3;/q;+1/p-1/t13-,17+,19-;/m1./s1. The van der Waals surface area contributed by atoms with E-state index in [0.29, 0.717) is 5.56 Å². The van der Waals surface area contributed by atoms with E-state index in [9.17, 15) is 19.7 Å². The van der Waals surface area contributed by atoms with Crippen LogP contribution >= 0.6 is 0 Å². The minimum Gasteiger partial charge on any atom is -0.767 e. The number of nitrogens with zero attached hydrogens (tertiary/aromatic N) is 2. The zero-order chi connectivity index (χ0) is 22.9. The number of esters is 1. The van der Waals surface area contributed by atoms with Crippen molar-refractivity contribution in [2.75, 3.05) is 6.54 Å². The molecule has 0 saturated carbocycles. The van der Waals surface area contributed by atoms with Crippen molar-refractivity contribution in [3.63, 3.8) is 0 Å². The van der Waals surface area contributed by atoms with E-state index in [-0.39, 0.29) is 58.3 Å². The van der Waals surface area contributed by atoms with Crippen molar-refractivity contribution in [2.45, 2.75) is 63.9 Å². The Labute approximate surface area is 205 Å². The molecule has 1 aromatic carbocycles. The molecular formula is C20H29AgN2O6SSi. The molecule has 176 valence electrons. The number of carbonyl (C=O) groups excluding carboxylic acids is 2. The average Bonchev–Trinajstić information content (AvgIpc) is 2.63. The SMILES string of the molecule is C[C@@H](O[Si](C)(C)C(C)(C)C)[C@H]1C(=O)N(CC(=O)OCc2ccc([N+](=O)[O-])cc2)[C@@H]1[S-].[Ag+]. The van der Waals surface area contributed by atoms with Crippen molar-refractivity contribution >= 4 is 38.5 Å². The zero-order valence-electron chi connectivity index (χ0n) is 18.5. The molecule has 8 nitrogen and oxygen atoms in total. The molecule has 3 atom stereocenters. The first-order valence-corrected chi connectivity index (χ1v) is 13.2. The molecule has 0 bridgehead atoms. The predicted octanol–water partition coefficient (Wildman–Crippen LogP) is 3.38. The van der Waals surface area contributed by atoms with E-state index in [1.165, 1.54) is 29.2 Å². The van der Waals surface area contributed by atoms with Crippen LogP contribution in [0.2, 0.25) is 18.1 Å². The minimum absolute atomic E-state index is 0. The molecule has 31 heavy (non-hydrogen) atoms. The van der Waals surface area contributed by atoms with Gasteiger partial charge in [-0.1, -0.05) is 26.1 Å². The fraction of sp³-hybridized carbons (Fsp3) is 0.600. The van der Waals surface area contributed by atoms with Gasteiger partial charge in [-0.05, 0) is 42.8 Å². The summed E-state index contributed by atoms with van der Waals surface area (Å²) in [5.74, 6) is -1.22. The Morgan fingerprint density at radius 3 is 2.29 bits per heavy atom. The normalized spacial score (nSPS) is 19.8. The number of amides is 1. The van der Waals surface area contributed by atoms with Crippen LogP contribution in [0.25, 0.3) is 0 Å². The fourth-order valence-corrected chi connectivity index (χ4v) is 4.87. The van der Waals surface area contributed by atoms with Gasteiger partial charge in [0.05, 0.1) is 16.9 Å². The van der Waals surface area contributed by atoms with Crippen LogP contribution in [-0.2, 0) is 60.4 Å². The van der Waals surface area contributed by atoms with E-state index in [0.717, 1.165) is 0 Å². The van der Waals surface area contributed by atoms with Crippen LogP contribution in [0.5, 0.6) is 0 Å². The number of nitro benzene ring substituents is 1. The second-order valence-corrected chi connectivity index (χ2v) is 14.3. The molecule has 1 saturated heterocycles.